The van der Waals surface area contributed by atoms with Gasteiger partial charge in [-0.05, 0) is 24.5 Å². The van der Waals surface area contributed by atoms with E-state index in [0.717, 1.165) is 52.6 Å². The Morgan fingerprint density at radius 1 is 1.36 bits per heavy atom. The molecule has 0 saturated carbocycles. The molecule has 3 heterocycles. The first-order valence-electron chi connectivity index (χ1n) is 9.70. The molecule has 3 aromatic rings. The predicted octanol–water partition coefficient (Wildman–Crippen LogP) is 2.94. The molecule has 4 rings (SSSR count). The number of quaternary nitrogens is 1. The number of aryl methyl sites for hydroxylation is 1. The van der Waals surface area contributed by atoms with E-state index in [-0.39, 0.29) is 5.56 Å². The fraction of sp³-hybridized carbons (Fsp3) is 0.364. The number of aromatic nitrogens is 2. The van der Waals surface area contributed by atoms with Gasteiger partial charge < -0.3 is 4.90 Å². The Hall–Kier alpha value is -1.89. The average molecular weight is 413 g/mol. The third kappa shape index (κ3) is 3.95. The summed E-state index contributed by atoms with van der Waals surface area (Å²) in [6, 6.07) is 10.3. The van der Waals surface area contributed by atoms with E-state index in [1.807, 2.05) is 29.7 Å². The molecule has 1 aromatic carbocycles. The van der Waals surface area contributed by atoms with Crippen LogP contribution in [0, 0.1) is 0 Å². The van der Waals surface area contributed by atoms with Crippen molar-refractivity contribution in [2.24, 2.45) is 0 Å². The second kappa shape index (κ2) is 8.23. The van der Waals surface area contributed by atoms with E-state index in [4.69, 9.17) is 4.98 Å². The summed E-state index contributed by atoms with van der Waals surface area (Å²) < 4.78 is 1.89. The summed E-state index contributed by atoms with van der Waals surface area (Å²) in [5, 5.41) is 1.68. The topological polar surface area (TPSA) is 39.3 Å². The lowest BCUT2D eigenvalue weighted by atomic mass is 10.1. The first kappa shape index (κ1) is 19.4. The molecule has 0 amide bonds. The third-order valence-electron chi connectivity index (χ3n) is 5.14. The highest BCUT2D eigenvalue weighted by molar-refractivity contribution is 7.99. The van der Waals surface area contributed by atoms with Gasteiger partial charge in [0.15, 0.2) is 5.16 Å². The molecule has 1 atom stereocenters. The van der Waals surface area contributed by atoms with Crippen LogP contribution in [0.2, 0.25) is 0 Å². The maximum atomic E-state index is 13.5. The maximum absolute atomic E-state index is 13.5. The number of hydrogen-bond donors (Lipinski definition) is 1. The lowest BCUT2D eigenvalue weighted by Gasteiger charge is -2.19. The van der Waals surface area contributed by atoms with Crippen LogP contribution in [0.3, 0.4) is 0 Å². The zero-order valence-electron chi connectivity index (χ0n) is 16.5. The molecule has 1 N–H and O–H groups in total. The molecule has 0 saturated heterocycles. The van der Waals surface area contributed by atoms with Crippen molar-refractivity contribution in [3.63, 3.8) is 0 Å². The Morgan fingerprint density at radius 2 is 2.14 bits per heavy atom. The summed E-state index contributed by atoms with van der Waals surface area (Å²) >= 11 is 3.33. The van der Waals surface area contributed by atoms with Gasteiger partial charge in [-0.25, -0.2) is 4.98 Å². The van der Waals surface area contributed by atoms with Crippen LogP contribution in [0.25, 0.3) is 10.2 Å². The zero-order chi connectivity index (χ0) is 19.7. The number of fused-ring (bicyclic) bond motifs is 3. The number of hydrogen-bond acceptors (Lipinski definition) is 4. The minimum absolute atomic E-state index is 0.127. The summed E-state index contributed by atoms with van der Waals surface area (Å²) in [6.07, 6.45) is 1.79. The molecule has 1 aliphatic rings. The van der Waals surface area contributed by atoms with Crippen molar-refractivity contribution in [3.8, 4) is 0 Å². The van der Waals surface area contributed by atoms with Gasteiger partial charge in [0.2, 0.25) is 0 Å². The molecule has 0 spiro atoms. The Morgan fingerprint density at radius 3 is 2.89 bits per heavy atom. The molecule has 146 valence electrons. The standard InChI is InChI=1S/C22H25N3OS2/c1-15(2)14-27-22-23-20-19(17-10-11-24(3)13-18(17)28-20)21(26)25(22)12-9-16-7-5-4-6-8-16/h4-8H,1,9-14H2,2-3H3/p+1. The zero-order valence-corrected chi connectivity index (χ0v) is 18.1. The third-order valence-corrected chi connectivity index (χ3v) is 7.47. The van der Waals surface area contributed by atoms with Gasteiger partial charge in [0.25, 0.3) is 5.56 Å². The smallest absolute Gasteiger partial charge is 0.263 e. The van der Waals surface area contributed by atoms with E-state index in [9.17, 15) is 4.79 Å². The van der Waals surface area contributed by atoms with Crippen molar-refractivity contribution >= 4 is 33.3 Å². The normalized spacial score (nSPS) is 16.3. The van der Waals surface area contributed by atoms with Gasteiger partial charge >= 0.3 is 0 Å². The molecule has 2 aromatic heterocycles. The predicted molar refractivity (Wildman–Crippen MR) is 119 cm³/mol. The van der Waals surface area contributed by atoms with Gasteiger partial charge in [0.1, 0.15) is 11.4 Å². The Kier molecular flexibility index (Phi) is 5.71. The van der Waals surface area contributed by atoms with Gasteiger partial charge in [-0.15, -0.1) is 11.3 Å². The van der Waals surface area contributed by atoms with Crippen molar-refractivity contribution < 1.29 is 4.90 Å². The van der Waals surface area contributed by atoms with Crippen molar-refractivity contribution in [2.75, 3.05) is 19.3 Å². The summed E-state index contributed by atoms with van der Waals surface area (Å²) in [5.74, 6) is 0.779. The molecule has 1 unspecified atom stereocenters. The van der Waals surface area contributed by atoms with Crippen molar-refractivity contribution in [1.29, 1.82) is 0 Å². The van der Waals surface area contributed by atoms with Crippen LogP contribution >= 0.6 is 23.1 Å². The van der Waals surface area contributed by atoms with E-state index in [1.165, 1.54) is 20.9 Å². The average Bonchev–Trinajstić information content (AvgIpc) is 3.04. The molecule has 0 fully saturated rings. The van der Waals surface area contributed by atoms with Gasteiger partial charge in [0, 0.05) is 18.7 Å². The van der Waals surface area contributed by atoms with E-state index in [1.54, 1.807) is 23.1 Å². The van der Waals surface area contributed by atoms with Crippen LogP contribution in [-0.4, -0.2) is 28.9 Å². The SMILES string of the molecule is C=C(C)CSc1nc2sc3c(c2c(=O)n1CCc1ccccc1)CC[NH+](C)C3. The first-order valence-corrected chi connectivity index (χ1v) is 11.5. The largest absolute Gasteiger partial charge is 0.333 e. The van der Waals surface area contributed by atoms with Crippen molar-refractivity contribution in [3.05, 3.63) is 68.8 Å². The Balaban J connectivity index is 1.77. The summed E-state index contributed by atoms with van der Waals surface area (Å²) in [4.78, 5) is 22.2. The van der Waals surface area contributed by atoms with Gasteiger partial charge in [0.05, 0.1) is 23.9 Å². The highest BCUT2D eigenvalue weighted by Gasteiger charge is 2.25. The maximum Gasteiger partial charge on any atom is 0.263 e. The van der Waals surface area contributed by atoms with Crippen LogP contribution in [-0.2, 0) is 25.9 Å². The van der Waals surface area contributed by atoms with E-state index >= 15 is 0 Å². The van der Waals surface area contributed by atoms with Crippen molar-refractivity contribution in [2.45, 2.75) is 38.0 Å². The minimum Gasteiger partial charge on any atom is -0.333 e. The number of rotatable bonds is 6. The summed E-state index contributed by atoms with van der Waals surface area (Å²) in [5.41, 5.74) is 3.70. The van der Waals surface area contributed by atoms with Crippen LogP contribution < -0.4 is 10.5 Å². The van der Waals surface area contributed by atoms with Gasteiger partial charge in [-0.3, -0.25) is 9.36 Å². The molecule has 0 aliphatic carbocycles. The van der Waals surface area contributed by atoms with Crippen LogP contribution in [0.1, 0.15) is 22.9 Å². The first-order chi connectivity index (χ1) is 13.5. The second-order valence-electron chi connectivity index (χ2n) is 7.65. The Labute approximate surface area is 173 Å². The molecular formula is C22H26N3OS2+. The lowest BCUT2D eigenvalue weighted by molar-refractivity contribution is -0.895. The number of thiophene rings is 1. The number of thioether (sulfide) groups is 1. The molecule has 0 bridgehead atoms. The highest BCUT2D eigenvalue weighted by Crippen LogP contribution is 2.31. The van der Waals surface area contributed by atoms with Crippen molar-refractivity contribution in [1.82, 2.24) is 9.55 Å². The lowest BCUT2D eigenvalue weighted by Crippen LogP contribution is -3.08. The highest BCUT2D eigenvalue weighted by atomic mass is 32.2. The fourth-order valence-electron chi connectivity index (χ4n) is 3.65. The van der Waals surface area contributed by atoms with Crippen LogP contribution in [0.4, 0.5) is 0 Å². The van der Waals surface area contributed by atoms with Gasteiger partial charge in [-0.2, -0.15) is 0 Å². The molecule has 1 aliphatic heterocycles. The molecule has 6 heteroatoms. The quantitative estimate of drug-likeness (QED) is 0.384. The molecule has 28 heavy (non-hydrogen) atoms. The number of nitrogens with zero attached hydrogens (tertiary/aromatic N) is 2. The fourth-order valence-corrected chi connectivity index (χ4v) is 5.90. The van der Waals surface area contributed by atoms with Crippen LogP contribution in [0.5, 0.6) is 0 Å². The number of nitrogens with one attached hydrogen (secondary N) is 1. The van der Waals surface area contributed by atoms with E-state index in [2.05, 4.69) is 25.8 Å². The van der Waals surface area contributed by atoms with Crippen LogP contribution in [0.15, 0.2) is 52.4 Å². The number of benzene rings is 1. The second-order valence-corrected chi connectivity index (χ2v) is 9.68. The summed E-state index contributed by atoms with van der Waals surface area (Å²) in [7, 11) is 2.22. The van der Waals surface area contributed by atoms with E-state index in [0.29, 0.717) is 6.54 Å². The van der Waals surface area contributed by atoms with Gasteiger partial charge in [-0.1, -0.05) is 54.2 Å². The minimum atomic E-state index is 0.127. The molecule has 4 nitrogen and oxygen atoms in total. The van der Waals surface area contributed by atoms with E-state index < -0.39 is 0 Å². The molecular weight excluding hydrogens is 386 g/mol. The number of likely N-dealkylation sites (N-methyl/N-ethyl adjacent to an activating group) is 1. The molecule has 0 radical (unpaired) electrons. The monoisotopic (exact) mass is 412 g/mol. The summed E-state index contributed by atoms with van der Waals surface area (Å²) in [6.45, 7) is 8.74. The Bertz CT molecular complexity index is 1070.